The van der Waals surface area contributed by atoms with Crippen LogP contribution < -0.4 is 10.1 Å². The Morgan fingerprint density at radius 2 is 2.04 bits per heavy atom. The lowest BCUT2D eigenvalue weighted by atomic mass is 10.3. The molecule has 26 heavy (non-hydrogen) atoms. The summed E-state index contributed by atoms with van der Waals surface area (Å²) in [5.74, 6) is -0.0575. The van der Waals surface area contributed by atoms with Crippen molar-refractivity contribution in [2.45, 2.75) is 26.2 Å². The minimum absolute atomic E-state index is 0.0337. The maximum atomic E-state index is 11.9. The lowest BCUT2D eigenvalue weighted by molar-refractivity contribution is -0.113. The van der Waals surface area contributed by atoms with Gasteiger partial charge in [0, 0.05) is 10.5 Å². The Morgan fingerprint density at radius 3 is 2.69 bits per heavy atom. The van der Waals surface area contributed by atoms with Crippen LogP contribution in [0.2, 0.25) is 0 Å². The molecule has 6 nitrogen and oxygen atoms in total. The molecule has 1 aromatic carbocycles. The molecule has 0 saturated carbocycles. The molecular weight excluding hydrogens is 420 g/mol. The molecule has 1 heterocycles. The van der Waals surface area contributed by atoms with Crippen molar-refractivity contribution < 1.29 is 17.9 Å². The van der Waals surface area contributed by atoms with Crippen molar-refractivity contribution in [1.82, 2.24) is 4.98 Å². The summed E-state index contributed by atoms with van der Waals surface area (Å²) < 4.78 is 30.3. The molecule has 8 heteroatoms. The zero-order valence-electron chi connectivity index (χ0n) is 14.4. The zero-order valence-corrected chi connectivity index (χ0v) is 16.8. The predicted molar refractivity (Wildman–Crippen MR) is 105 cm³/mol. The van der Waals surface area contributed by atoms with Gasteiger partial charge < -0.3 is 10.1 Å². The van der Waals surface area contributed by atoms with E-state index in [-0.39, 0.29) is 5.75 Å². The number of nitrogens with one attached hydrogen (secondary N) is 1. The number of pyridine rings is 1. The second-order valence-corrected chi connectivity index (χ2v) is 8.89. The van der Waals surface area contributed by atoms with Gasteiger partial charge in [-0.05, 0) is 30.7 Å². The van der Waals surface area contributed by atoms with Gasteiger partial charge in [-0.1, -0.05) is 41.8 Å². The highest BCUT2D eigenvalue weighted by molar-refractivity contribution is 9.10. The summed E-state index contributed by atoms with van der Waals surface area (Å²) in [6.45, 7) is 2.00. The highest BCUT2D eigenvalue weighted by atomic mass is 79.9. The van der Waals surface area contributed by atoms with Crippen molar-refractivity contribution in [3.8, 4) is 11.6 Å². The number of carbonyl (C=O) groups excluding carboxylic acids is 1. The molecule has 0 aliphatic carbocycles. The average Bonchev–Trinajstić information content (AvgIpc) is 2.56. The predicted octanol–water partition coefficient (Wildman–Crippen LogP) is 4.18. The summed E-state index contributed by atoms with van der Waals surface area (Å²) >= 11 is 3.36. The normalized spacial score (nSPS) is 11.2. The van der Waals surface area contributed by atoms with Crippen molar-refractivity contribution in [1.29, 1.82) is 0 Å². The van der Waals surface area contributed by atoms with Gasteiger partial charge in [-0.3, -0.25) is 4.79 Å². The van der Waals surface area contributed by atoms with Gasteiger partial charge in [-0.25, -0.2) is 13.4 Å². The number of halogens is 1. The second-order valence-electron chi connectivity index (χ2n) is 5.79. The van der Waals surface area contributed by atoms with E-state index in [0.717, 1.165) is 17.3 Å². The summed E-state index contributed by atoms with van der Waals surface area (Å²) in [4.78, 5) is 16.0. The molecule has 1 N–H and O–H groups in total. The van der Waals surface area contributed by atoms with Gasteiger partial charge in [0.25, 0.3) is 0 Å². The highest BCUT2D eigenvalue weighted by Gasteiger charge is 2.16. The number of hydrogen-bond donors (Lipinski definition) is 1. The first-order chi connectivity index (χ1) is 12.4. The Bertz CT molecular complexity index is 839. The second kappa shape index (κ2) is 9.68. The Kier molecular flexibility index (Phi) is 7.59. The zero-order chi connectivity index (χ0) is 19.0. The smallest absolute Gasteiger partial charge is 0.239 e. The van der Waals surface area contributed by atoms with Crippen LogP contribution in [0, 0.1) is 0 Å². The number of carbonyl (C=O) groups is 1. The summed E-state index contributed by atoms with van der Waals surface area (Å²) in [6.07, 6.45) is 3.77. The van der Waals surface area contributed by atoms with Crippen LogP contribution in [0.5, 0.6) is 11.6 Å². The molecule has 1 amide bonds. The van der Waals surface area contributed by atoms with E-state index < -0.39 is 21.5 Å². The lowest BCUT2D eigenvalue weighted by Gasteiger charge is -2.08. The third-order valence-electron chi connectivity index (χ3n) is 3.45. The van der Waals surface area contributed by atoms with Gasteiger partial charge in [-0.2, -0.15) is 0 Å². The minimum Gasteiger partial charge on any atom is -0.439 e. The fourth-order valence-corrected chi connectivity index (χ4v) is 3.84. The van der Waals surface area contributed by atoms with Gasteiger partial charge in [0.1, 0.15) is 11.5 Å². The number of aromatic nitrogens is 1. The standard InChI is InChI=1S/C18H21BrN2O4S/c1-2-3-4-10-26(23,24)13-17(22)21-15-8-9-18(20-12-15)25-16-7-5-6-14(19)11-16/h5-9,11-12H,2-4,10,13H2,1H3,(H,21,22). The molecule has 0 fully saturated rings. The number of ether oxygens (including phenoxy) is 1. The van der Waals surface area contributed by atoms with E-state index in [2.05, 4.69) is 26.2 Å². The number of unbranched alkanes of at least 4 members (excludes halogenated alkanes) is 2. The molecule has 0 saturated heterocycles. The SMILES string of the molecule is CCCCCS(=O)(=O)CC(=O)Nc1ccc(Oc2cccc(Br)c2)nc1. The number of sulfone groups is 1. The van der Waals surface area contributed by atoms with Crippen molar-refractivity contribution in [2.24, 2.45) is 0 Å². The average molecular weight is 441 g/mol. The van der Waals surface area contributed by atoms with E-state index in [9.17, 15) is 13.2 Å². The Hall–Kier alpha value is -1.93. The number of rotatable bonds is 9. The van der Waals surface area contributed by atoms with Crippen molar-refractivity contribution in [3.63, 3.8) is 0 Å². The molecule has 0 spiro atoms. The Labute approximate surface area is 162 Å². The number of hydrogen-bond acceptors (Lipinski definition) is 5. The summed E-state index contributed by atoms with van der Waals surface area (Å²) in [6, 6.07) is 10.5. The molecule has 0 unspecified atom stereocenters. The highest BCUT2D eigenvalue weighted by Crippen LogP contribution is 2.23. The Balaban J connectivity index is 1.89. The molecule has 0 bridgehead atoms. The third-order valence-corrected chi connectivity index (χ3v) is 5.55. The molecule has 0 radical (unpaired) electrons. The molecule has 1 aromatic heterocycles. The summed E-state index contributed by atoms with van der Waals surface area (Å²) in [5.41, 5.74) is 0.417. The number of nitrogens with zero attached hydrogens (tertiary/aromatic N) is 1. The van der Waals surface area contributed by atoms with Crippen LogP contribution in [0.4, 0.5) is 5.69 Å². The maximum Gasteiger partial charge on any atom is 0.239 e. The largest absolute Gasteiger partial charge is 0.439 e. The molecule has 0 atom stereocenters. The molecule has 140 valence electrons. The number of benzene rings is 1. The van der Waals surface area contributed by atoms with Crippen LogP contribution in [-0.2, 0) is 14.6 Å². The fraction of sp³-hybridized carbons (Fsp3) is 0.333. The fourth-order valence-electron chi connectivity index (χ4n) is 2.21. The van der Waals surface area contributed by atoms with E-state index >= 15 is 0 Å². The summed E-state index contributed by atoms with van der Waals surface area (Å²) in [5, 5.41) is 2.54. The van der Waals surface area contributed by atoms with E-state index in [4.69, 9.17) is 4.74 Å². The van der Waals surface area contributed by atoms with Gasteiger partial charge in [0.2, 0.25) is 11.8 Å². The first-order valence-corrected chi connectivity index (χ1v) is 10.9. The first kappa shape index (κ1) is 20.4. The van der Waals surface area contributed by atoms with Crippen LogP contribution in [0.3, 0.4) is 0 Å². The van der Waals surface area contributed by atoms with Gasteiger partial charge in [0.15, 0.2) is 9.84 Å². The Morgan fingerprint density at radius 1 is 1.23 bits per heavy atom. The molecule has 0 aliphatic heterocycles. The molecule has 2 aromatic rings. The topological polar surface area (TPSA) is 85.4 Å². The molecule has 2 rings (SSSR count). The van der Waals surface area contributed by atoms with Gasteiger partial charge >= 0.3 is 0 Å². The lowest BCUT2D eigenvalue weighted by Crippen LogP contribution is -2.24. The third kappa shape index (κ3) is 7.13. The van der Waals surface area contributed by atoms with E-state index in [1.54, 1.807) is 24.3 Å². The van der Waals surface area contributed by atoms with Crippen molar-refractivity contribution >= 4 is 37.4 Å². The molecule has 0 aliphatic rings. The van der Waals surface area contributed by atoms with E-state index in [1.165, 1.54) is 6.20 Å². The van der Waals surface area contributed by atoms with Crippen LogP contribution in [-0.4, -0.2) is 30.8 Å². The quantitative estimate of drug-likeness (QED) is 0.590. The summed E-state index contributed by atoms with van der Waals surface area (Å²) in [7, 11) is -3.39. The molecular formula is C18H21BrN2O4S. The minimum atomic E-state index is -3.39. The first-order valence-electron chi connectivity index (χ1n) is 8.28. The maximum absolute atomic E-state index is 11.9. The monoisotopic (exact) mass is 440 g/mol. The van der Waals surface area contributed by atoms with Crippen molar-refractivity contribution in [3.05, 3.63) is 47.1 Å². The van der Waals surface area contributed by atoms with Crippen LogP contribution >= 0.6 is 15.9 Å². The van der Waals surface area contributed by atoms with Crippen LogP contribution in [0.25, 0.3) is 0 Å². The van der Waals surface area contributed by atoms with Crippen LogP contribution in [0.15, 0.2) is 47.1 Å². The number of anilines is 1. The van der Waals surface area contributed by atoms with Gasteiger partial charge in [0.05, 0.1) is 17.6 Å². The van der Waals surface area contributed by atoms with E-state index in [1.807, 2.05) is 19.1 Å². The van der Waals surface area contributed by atoms with Crippen LogP contribution in [0.1, 0.15) is 26.2 Å². The van der Waals surface area contributed by atoms with Crippen molar-refractivity contribution in [2.75, 3.05) is 16.8 Å². The number of amides is 1. The van der Waals surface area contributed by atoms with E-state index in [0.29, 0.717) is 23.7 Å². The van der Waals surface area contributed by atoms with Gasteiger partial charge in [-0.15, -0.1) is 0 Å².